The average molecular weight is 283 g/mol. The van der Waals surface area contributed by atoms with Crippen LogP contribution < -0.4 is 5.32 Å². The molecule has 1 aliphatic carbocycles. The van der Waals surface area contributed by atoms with Crippen molar-refractivity contribution < 1.29 is 0 Å². The zero-order chi connectivity index (χ0) is 15.2. The number of nitrogens with one attached hydrogen (secondary N) is 1. The Bertz CT molecular complexity index is 260. The van der Waals surface area contributed by atoms with E-state index in [-0.39, 0.29) is 0 Å². The van der Waals surface area contributed by atoms with Gasteiger partial charge in [0.05, 0.1) is 0 Å². The Morgan fingerprint density at radius 1 is 1.25 bits per heavy atom. The fourth-order valence-corrected chi connectivity index (χ4v) is 3.73. The molecule has 2 unspecified atom stereocenters. The van der Waals surface area contributed by atoms with Gasteiger partial charge in [0.2, 0.25) is 0 Å². The standard InChI is InChI=1S/C18H38N2/c1-7-8-9-12-20(15(2)3)14-16-13-18(4,5)11-10-17(16)19-6/h15-17,19H,7-14H2,1-6H3. The van der Waals surface area contributed by atoms with Gasteiger partial charge in [0.1, 0.15) is 0 Å². The molecule has 0 bridgehead atoms. The molecule has 1 saturated carbocycles. The van der Waals surface area contributed by atoms with Crippen molar-refractivity contribution in [1.29, 1.82) is 0 Å². The third-order valence-corrected chi connectivity index (χ3v) is 5.13. The molecule has 2 heteroatoms. The van der Waals surface area contributed by atoms with E-state index < -0.39 is 0 Å². The molecule has 120 valence electrons. The van der Waals surface area contributed by atoms with Crippen LogP contribution in [0.25, 0.3) is 0 Å². The highest BCUT2D eigenvalue weighted by Crippen LogP contribution is 2.39. The van der Waals surface area contributed by atoms with E-state index in [0.29, 0.717) is 11.5 Å². The lowest BCUT2D eigenvalue weighted by Gasteiger charge is -2.43. The molecule has 1 fully saturated rings. The molecule has 1 N–H and O–H groups in total. The molecule has 0 spiro atoms. The maximum absolute atomic E-state index is 3.58. The second-order valence-electron chi connectivity index (χ2n) is 7.86. The number of rotatable bonds is 8. The summed E-state index contributed by atoms with van der Waals surface area (Å²) in [4.78, 5) is 2.71. The summed E-state index contributed by atoms with van der Waals surface area (Å²) in [6.07, 6.45) is 8.13. The quantitative estimate of drug-likeness (QED) is 0.668. The largest absolute Gasteiger partial charge is 0.317 e. The summed E-state index contributed by atoms with van der Waals surface area (Å²) < 4.78 is 0. The van der Waals surface area contributed by atoms with Gasteiger partial charge in [-0.3, -0.25) is 0 Å². The first-order valence-corrected chi connectivity index (χ1v) is 8.81. The summed E-state index contributed by atoms with van der Waals surface area (Å²) >= 11 is 0. The lowest BCUT2D eigenvalue weighted by atomic mass is 9.69. The van der Waals surface area contributed by atoms with Gasteiger partial charge in [0.25, 0.3) is 0 Å². The van der Waals surface area contributed by atoms with Crippen LogP contribution in [0.2, 0.25) is 0 Å². The van der Waals surface area contributed by atoms with Crippen LogP contribution in [0.3, 0.4) is 0 Å². The van der Waals surface area contributed by atoms with Crippen molar-refractivity contribution in [2.24, 2.45) is 11.3 Å². The van der Waals surface area contributed by atoms with E-state index in [4.69, 9.17) is 0 Å². The molecular formula is C18H38N2. The van der Waals surface area contributed by atoms with E-state index in [1.165, 1.54) is 51.6 Å². The fraction of sp³-hybridized carbons (Fsp3) is 1.00. The zero-order valence-electron chi connectivity index (χ0n) is 14.8. The van der Waals surface area contributed by atoms with E-state index in [1.54, 1.807) is 0 Å². The van der Waals surface area contributed by atoms with Gasteiger partial charge in [-0.25, -0.2) is 0 Å². The van der Waals surface area contributed by atoms with Crippen molar-refractivity contribution in [3.05, 3.63) is 0 Å². The van der Waals surface area contributed by atoms with Gasteiger partial charge in [0.15, 0.2) is 0 Å². The Morgan fingerprint density at radius 2 is 1.95 bits per heavy atom. The van der Waals surface area contributed by atoms with Gasteiger partial charge in [-0.15, -0.1) is 0 Å². The monoisotopic (exact) mass is 282 g/mol. The Kier molecular flexibility index (Phi) is 7.53. The molecule has 20 heavy (non-hydrogen) atoms. The number of hydrogen-bond acceptors (Lipinski definition) is 2. The molecule has 0 aromatic carbocycles. The Labute approximate surface area is 127 Å². The first-order chi connectivity index (χ1) is 9.39. The van der Waals surface area contributed by atoms with E-state index in [0.717, 1.165) is 12.0 Å². The molecule has 0 saturated heterocycles. The maximum Gasteiger partial charge on any atom is 0.0105 e. The molecule has 0 radical (unpaired) electrons. The van der Waals surface area contributed by atoms with Crippen LogP contribution in [0.15, 0.2) is 0 Å². The second-order valence-corrected chi connectivity index (χ2v) is 7.86. The highest BCUT2D eigenvalue weighted by molar-refractivity contribution is 4.90. The molecule has 1 aliphatic rings. The molecule has 0 aliphatic heterocycles. The number of hydrogen-bond donors (Lipinski definition) is 1. The smallest absolute Gasteiger partial charge is 0.0105 e. The van der Waals surface area contributed by atoms with Crippen molar-refractivity contribution in [3.63, 3.8) is 0 Å². The van der Waals surface area contributed by atoms with Crippen molar-refractivity contribution in [2.45, 2.75) is 85.2 Å². The van der Waals surface area contributed by atoms with E-state index >= 15 is 0 Å². The normalized spacial score (nSPS) is 26.4. The third-order valence-electron chi connectivity index (χ3n) is 5.13. The second kappa shape index (κ2) is 8.38. The molecule has 1 rings (SSSR count). The van der Waals surface area contributed by atoms with Crippen molar-refractivity contribution in [2.75, 3.05) is 20.1 Å². The van der Waals surface area contributed by atoms with Crippen LogP contribution in [-0.2, 0) is 0 Å². The topological polar surface area (TPSA) is 15.3 Å². The van der Waals surface area contributed by atoms with Crippen LogP contribution in [0.4, 0.5) is 0 Å². The number of nitrogens with zero attached hydrogens (tertiary/aromatic N) is 1. The summed E-state index contributed by atoms with van der Waals surface area (Å²) in [6, 6.07) is 1.39. The van der Waals surface area contributed by atoms with Gasteiger partial charge in [0, 0.05) is 18.6 Å². The first kappa shape index (κ1) is 18.0. The molecule has 0 heterocycles. The molecule has 0 amide bonds. The average Bonchev–Trinajstić information content (AvgIpc) is 2.37. The highest BCUT2D eigenvalue weighted by Gasteiger charge is 2.35. The van der Waals surface area contributed by atoms with E-state index in [2.05, 4.69) is 51.9 Å². The predicted octanol–water partition coefficient (Wildman–Crippen LogP) is 4.30. The molecule has 0 aromatic heterocycles. The molecule has 0 aromatic rings. The third kappa shape index (κ3) is 5.73. The minimum absolute atomic E-state index is 0.532. The van der Waals surface area contributed by atoms with Gasteiger partial charge in [-0.2, -0.15) is 0 Å². The predicted molar refractivity (Wildman–Crippen MR) is 90.2 cm³/mol. The van der Waals surface area contributed by atoms with Crippen molar-refractivity contribution in [3.8, 4) is 0 Å². The molecule has 2 nitrogen and oxygen atoms in total. The fourth-order valence-electron chi connectivity index (χ4n) is 3.73. The minimum atomic E-state index is 0.532. The van der Waals surface area contributed by atoms with E-state index in [1.807, 2.05) is 0 Å². The van der Waals surface area contributed by atoms with Crippen LogP contribution in [-0.4, -0.2) is 37.1 Å². The van der Waals surface area contributed by atoms with Crippen molar-refractivity contribution in [1.82, 2.24) is 10.2 Å². The summed E-state index contributed by atoms with van der Waals surface area (Å²) in [5.74, 6) is 0.813. The lowest BCUT2D eigenvalue weighted by molar-refractivity contribution is 0.0893. The van der Waals surface area contributed by atoms with Crippen LogP contribution in [0, 0.1) is 11.3 Å². The summed E-state index contributed by atoms with van der Waals surface area (Å²) in [5.41, 5.74) is 0.532. The SMILES string of the molecule is CCCCCN(CC1CC(C)(C)CCC1NC)C(C)C. The Hall–Kier alpha value is -0.0800. The summed E-state index contributed by atoms with van der Waals surface area (Å²) in [6.45, 7) is 14.4. The van der Waals surface area contributed by atoms with Gasteiger partial charge in [-0.1, -0.05) is 33.6 Å². The van der Waals surface area contributed by atoms with Crippen molar-refractivity contribution >= 4 is 0 Å². The summed E-state index contributed by atoms with van der Waals surface area (Å²) in [7, 11) is 2.15. The number of unbranched alkanes of at least 4 members (excludes halogenated alkanes) is 2. The van der Waals surface area contributed by atoms with Gasteiger partial charge in [-0.05, 0) is 64.5 Å². The van der Waals surface area contributed by atoms with Gasteiger partial charge < -0.3 is 10.2 Å². The Balaban J connectivity index is 2.58. The first-order valence-electron chi connectivity index (χ1n) is 8.81. The van der Waals surface area contributed by atoms with Gasteiger partial charge >= 0.3 is 0 Å². The van der Waals surface area contributed by atoms with Crippen LogP contribution >= 0.6 is 0 Å². The highest BCUT2D eigenvalue weighted by atomic mass is 15.1. The van der Waals surface area contributed by atoms with Crippen LogP contribution in [0.5, 0.6) is 0 Å². The summed E-state index contributed by atoms with van der Waals surface area (Å²) in [5, 5.41) is 3.58. The lowest BCUT2D eigenvalue weighted by Crippen LogP contribution is -2.48. The zero-order valence-corrected chi connectivity index (χ0v) is 14.8. The molecule has 2 atom stereocenters. The molecular weight excluding hydrogens is 244 g/mol. The van der Waals surface area contributed by atoms with E-state index in [9.17, 15) is 0 Å². The minimum Gasteiger partial charge on any atom is -0.317 e. The Morgan fingerprint density at radius 3 is 2.50 bits per heavy atom. The maximum atomic E-state index is 3.58. The van der Waals surface area contributed by atoms with Crippen LogP contribution in [0.1, 0.15) is 73.1 Å².